The lowest BCUT2D eigenvalue weighted by Gasteiger charge is -2.46. The van der Waals surface area contributed by atoms with Crippen LogP contribution >= 0.6 is 11.8 Å². The van der Waals surface area contributed by atoms with E-state index in [2.05, 4.69) is 13.8 Å². The molecule has 5 rings (SSSR count). The summed E-state index contributed by atoms with van der Waals surface area (Å²) in [5, 5.41) is 10.6. The highest BCUT2D eigenvalue weighted by molar-refractivity contribution is 8.14. The Balaban J connectivity index is 1.37. The van der Waals surface area contributed by atoms with E-state index in [-0.39, 0.29) is 40.0 Å². The van der Waals surface area contributed by atoms with Crippen molar-refractivity contribution in [2.24, 2.45) is 16.7 Å². The lowest BCUT2D eigenvalue weighted by molar-refractivity contribution is -0.112. The lowest BCUT2D eigenvalue weighted by atomic mass is 9.70. The fourth-order valence-corrected chi connectivity index (χ4v) is 13.1. The van der Waals surface area contributed by atoms with Crippen molar-refractivity contribution in [3.8, 4) is 0 Å². The van der Waals surface area contributed by atoms with E-state index < -0.39 is 21.5 Å². The van der Waals surface area contributed by atoms with Gasteiger partial charge in [0.05, 0.1) is 11.9 Å². The largest absolute Gasteiger partial charge is 0.388 e. The number of carbonyl (C=O) groups excluding carboxylic acids is 1. The van der Waals surface area contributed by atoms with Gasteiger partial charge in [0.2, 0.25) is 10.0 Å². The van der Waals surface area contributed by atoms with Crippen LogP contribution in [0.1, 0.15) is 115 Å². The van der Waals surface area contributed by atoms with Crippen molar-refractivity contribution in [2.45, 2.75) is 127 Å². The quantitative estimate of drug-likeness (QED) is 0.356. The van der Waals surface area contributed by atoms with Crippen LogP contribution in [0.2, 0.25) is 0 Å². The summed E-state index contributed by atoms with van der Waals surface area (Å²) in [4.78, 5) is 13.2. The van der Waals surface area contributed by atoms with E-state index in [0.717, 1.165) is 76.2 Å². The fraction of sp³-hybridized carbons (Fsp3) is 0.774. The molecule has 0 amide bonds. The Labute approximate surface area is 234 Å². The normalized spacial score (nSPS) is 31.1. The number of benzene rings is 1. The molecule has 0 radical (unpaired) electrons. The Morgan fingerprint density at radius 2 is 1.55 bits per heavy atom. The number of thioether (sulfide) groups is 1. The SMILES string of the molecule is CC1(C)[C@@H]2CC[C@@]1(CS(=O)(=O)N(C1CCCCC1)C1CCCCC1)[C@H](SC(=O)CC(O)c1ccccc1)C2. The third kappa shape index (κ3) is 5.51. The zero-order valence-electron chi connectivity index (χ0n) is 23.3. The van der Waals surface area contributed by atoms with Crippen LogP contribution in [-0.2, 0) is 14.8 Å². The molecule has 5 nitrogen and oxygen atoms in total. The maximum absolute atomic E-state index is 14.5. The Morgan fingerprint density at radius 1 is 0.974 bits per heavy atom. The third-order valence-corrected chi connectivity index (χ3v) is 14.3. The maximum atomic E-state index is 14.5. The van der Waals surface area contributed by atoms with Crippen LogP contribution in [0.15, 0.2) is 30.3 Å². The molecule has 1 N–H and O–H groups in total. The van der Waals surface area contributed by atoms with Crippen molar-refractivity contribution in [1.29, 1.82) is 0 Å². The van der Waals surface area contributed by atoms with Crippen LogP contribution in [0, 0.1) is 16.7 Å². The van der Waals surface area contributed by atoms with Crippen molar-refractivity contribution in [3.63, 3.8) is 0 Å². The number of carbonyl (C=O) groups is 1. The molecule has 4 saturated carbocycles. The van der Waals surface area contributed by atoms with Crippen molar-refractivity contribution in [3.05, 3.63) is 35.9 Å². The van der Waals surface area contributed by atoms with Gasteiger partial charge in [-0.15, -0.1) is 0 Å². The van der Waals surface area contributed by atoms with Gasteiger partial charge in [-0.05, 0) is 61.8 Å². The first-order valence-corrected chi connectivity index (χ1v) is 17.6. The second kappa shape index (κ2) is 11.5. The predicted molar refractivity (Wildman–Crippen MR) is 155 cm³/mol. The Kier molecular flexibility index (Phi) is 8.69. The molecule has 4 aliphatic carbocycles. The Morgan fingerprint density at radius 3 is 2.11 bits per heavy atom. The fourth-order valence-electron chi connectivity index (χ4n) is 8.49. The van der Waals surface area contributed by atoms with E-state index in [9.17, 15) is 18.3 Å². The molecule has 1 aromatic rings. The molecule has 38 heavy (non-hydrogen) atoms. The number of aliphatic hydroxyl groups is 1. The average molecular weight is 562 g/mol. The van der Waals surface area contributed by atoms with Gasteiger partial charge < -0.3 is 5.11 Å². The van der Waals surface area contributed by atoms with Gasteiger partial charge in [-0.2, -0.15) is 4.31 Å². The van der Waals surface area contributed by atoms with Crippen LogP contribution in [0.25, 0.3) is 0 Å². The van der Waals surface area contributed by atoms with Gasteiger partial charge in [0.15, 0.2) is 5.12 Å². The monoisotopic (exact) mass is 561 g/mol. The zero-order valence-corrected chi connectivity index (χ0v) is 24.9. The first kappa shape index (κ1) is 28.6. The Bertz CT molecular complexity index is 1040. The molecule has 4 aliphatic rings. The van der Waals surface area contributed by atoms with Gasteiger partial charge in [-0.3, -0.25) is 4.79 Å². The second-order valence-corrected chi connectivity index (χ2v) is 16.3. The third-order valence-electron chi connectivity index (χ3n) is 10.8. The summed E-state index contributed by atoms with van der Waals surface area (Å²) in [5.41, 5.74) is 0.222. The highest BCUT2D eigenvalue weighted by Crippen LogP contribution is 2.69. The van der Waals surface area contributed by atoms with E-state index in [4.69, 9.17) is 0 Å². The minimum Gasteiger partial charge on any atom is -0.388 e. The Hall–Kier alpha value is -0.890. The molecule has 1 unspecified atom stereocenters. The molecule has 0 heterocycles. The van der Waals surface area contributed by atoms with Crippen LogP contribution < -0.4 is 0 Å². The molecule has 0 saturated heterocycles. The summed E-state index contributed by atoms with van der Waals surface area (Å²) in [6, 6.07) is 9.63. The van der Waals surface area contributed by atoms with Crippen LogP contribution in [0.5, 0.6) is 0 Å². The number of hydrogen-bond acceptors (Lipinski definition) is 5. The van der Waals surface area contributed by atoms with E-state index in [0.29, 0.717) is 5.92 Å². The number of nitrogens with zero attached hydrogens (tertiary/aromatic N) is 1. The van der Waals surface area contributed by atoms with E-state index in [1.165, 1.54) is 24.6 Å². The summed E-state index contributed by atoms with van der Waals surface area (Å²) in [5.74, 6) is 0.614. The number of sulfonamides is 1. The first-order chi connectivity index (χ1) is 18.1. The average Bonchev–Trinajstić information content (AvgIpc) is 3.25. The van der Waals surface area contributed by atoms with Crippen LogP contribution in [-0.4, -0.2) is 46.0 Å². The van der Waals surface area contributed by atoms with Gasteiger partial charge in [0.1, 0.15) is 0 Å². The summed E-state index contributed by atoms with van der Waals surface area (Å²) >= 11 is 1.34. The van der Waals surface area contributed by atoms with Gasteiger partial charge in [0.25, 0.3) is 0 Å². The maximum Gasteiger partial charge on any atom is 0.215 e. The van der Waals surface area contributed by atoms with Crippen molar-refractivity contribution in [1.82, 2.24) is 4.31 Å². The van der Waals surface area contributed by atoms with Crippen LogP contribution in [0.3, 0.4) is 0 Å². The van der Waals surface area contributed by atoms with Gasteiger partial charge >= 0.3 is 0 Å². The highest BCUT2D eigenvalue weighted by Gasteiger charge is 2.66. The van der Waals surface area contributed by atoms with Crippen LogP contribution in [0.4, 0.5) is 0 Å². The van der Waals surface area contributed by atoms with Gasteiger partial charge in [0, 0.05) is 29.2 Å². The molecule has 2 bridgehead atoms. The summed E-state index contributed by atoms with van der Waals surface area (Å²) < 4.78 is 31.1. The molecule has 0 aliphatic heterocycles. The second-order valence-electron chi connectivity index (χ2n) is 13.1. The van der Waals surface area contributed by atoms with Crippen molar-refractivity contribution >= 4 is 26.9 Å². The molecule has 0 spiro atoms. The summed E-state index contributed by atoms with van der Waals surface area (Å²) in [6.07, 6.45) is 12.9. The molecular formula is C31H47NO4S2. The molecule has 4 atom stereocenters. The number of hydrogen-bond donors (Lipinski definition) is 1. The highest BCUT2D eigenvalue weighted by atomic mass is 32.2. The summed E-state index contributed by atoms with van der Waals surface area (Å²) in [7, 11) is -3.50. The molecule has 0 aromatic heterocycles. The lowest BCUT2D eigenvalue weighted by Crippen LogP contribution is -2.54. The molecule has 4 fully saturated rings. The standard InChI is InChI=1S/C31H47NO4S2/c1-30(2)24-18-19-31(30,28(20-24)37-29(34)21-27(33)23-12-6-3-7-13-23)22-38(35,36)32(25-14-8-4-9-15-25)26-16-10-5-11-17-26/h3,6-7,12-13,24-28,33H,4-5,8-11,14-22H2,1-2H3/t24-,27?,28-,31-/m1/s1. The van der Waals surface area contributed by atoms with Gasteiger partial charge in [-0.1, -0.05) is 94.5 Å². The van der Waals surface area contributed by atoms with Crippen molar-refractivity contribution < 1.29 is 18.3 Å². The minimum atomic E-state index is -3.50. The number of rotatable bonds is 9. The molecule has 7 heteroatoms. The van der Waals surface area contributed by atoms with E-state index in [1.54, 1.807) is 0 Å². The van der Waals surface area contributed by atoms with E-state index in [1.807, 2.05) is 34.6 Å². The first-order valence-electron chi connectivity index (χ1n) is 15.1. The summed E-state index contributed by atoms with van der Waals surface area (Å²) in [6.45, 7) is 4.52. The minimum absolute atomic E-state index is 0.0129. The number of aliphatic hydroxyl groups excluding tert-OH is 1. The molecule has 1 aromatic carbocycles. The van der Waals surface area contributed by atoms with E-state index >= 15 is 0 Å². The topological polar surface area (TPSA) is 74.7 Å². The predicted octanol–water partition coefficient (Wildman–Crippen LogP) is 6.86. The zero-order chi connectivity index (χ0) is 27.0. The molecule has 212 valence electrons. The smallest absolute Gasteiger partial charge is 0.215 e. The number of fused-ring (bicyclic) bond motifs is 2. The molecular weight excluding hydrogens is 514 g/mol. The van der Waals surface area contributed by atoms with Crippen molar-refractivity contribution in [2.75, 3.05) is 5.75 Å². The van der Waals surface area contributed by atoms with Gasteiger partial charge in [-0.25, -0.2) is 8.42 Å².